The van der Waals surface area contributed by atoms with E-state index < -0.39 is 0 Å². The molecule has 38 heavy (non-hydrogen) atoms. The topological polar surface area (TPSA) is 52.6 Å². The molecule has 0 aliphatic heterocycles. The smallest absolute Gasteiger partial charge is 0.309 e. The molecule has 0 fully saturated rings. The molecule has 4 heteroatoms. The van der Waals surface area contributed by atoms with Gasteiger partial charge in [-0.25, -0.2) is 0 Å². The molecule has 1 atom stereocenters. The highest BCUT2D eigenvalue weighted by molar-refractivity contribution is 5.72. The Bertz CT molecular complexity index is 517. The minimum absolute atomic E-state index is 0.00619. The highest BCUT2D eigenvalue weighted by Gasteiger charge is 2.23. The van der Waals surface area contributed by atoms with Crippen molar-refractivity contribution in [3.63, 3.8) is 0 Å². The van der Waals surface area contributed by atoms with E-state index in [1.165, 1.54) is 109 Å². The summed E-state index contributed by atoms with van der Waals surface area (Å²) in [6.07, 6.45) is 28.4. The van der Waals surface area contributed by atoms with Gasteiger partial charge in [-0.05, 0) is 31.6 Å². The summed E-state index contributed by atoms with van der Waals surface area (Å²) in [7, 11) is 0. The van der Waals surface area contributed by atoms with Crippen LogP contribution in [-0.2, 0) is 19.1 Å². The predicted octanol–water partition coefficient (Wildman–Crippen LogP) is 10.7. The van der Waals surface area contributed by atoms with Crippen molar-refractivity contribution in [2.45, 2.75) is 182 Å². The van der Waals surface area contributed by atoms with Crippen molar-refractivity contribution in [1.29, 1.82) is 0 Å². The lowest BCUT2D eigenvalue weighted by atomic mass is 9.90. The molecule has 0 bridgehead atoms. The molecule has 0 aliphatic carbocycles. The van der Waals surface area contributed by atoms with E-state index in [1.807, 2.05) is 0 Å². The zero-order chi connectivity index (χ0) is 28.1. The molecule has 0 aliphatic rings. The predicted molar refractivity (Wildman–Crippen MR) is 162 cm³/mol. The van der Waals surface area contributed by atoms with Crippen molar-refractivity contribution in [2.75, 3.05) is 13.2 Å². The van der Waals surface area contributed by atoms with Crippen molar-refractivity contribution in [1.82, 2.24) is 0 Å². The van der Waals surface area contributed by atoms with Crippen molar-refractivity contribution < 1.29 is 19.1 Å². The number of hydrogen-bond donors (Lipinski definition) is 0. The summed E-state index contributed by atoms with van der Waals surface area (Å²) >= 11 is 0. The number of hydrogen-bond acceptors (Lipinski definition) is 4. The van der Waals surface area contributed by atoms with Gasteiger partial charge in [0.05, 0.1) is 19.1 Å². The van der Waals surface area contributed by atoms with E-state index in [-0.39, 0.29) is 17.9 Å². The number of carbonyl (C=O) groups is 2. The van der Waals surface area contributed by atoms with Crippen LogP contribution in [0.15, 0.2) is 0 Å². The van der Waals surface area contributed by atoms with Crippen LogP contribution in [0.2, 0.25) is 0 Å². The van der Waals surface area contributed by atoms with Gasteiger partial charge in [0.15, 0.2) is 0 Å². The number of esters is 2. The zero-order valence-electron chi connectivity index (χ0n) is 26.2. The van der Waals surface area contributed by atoms with Crippen LogP contribution in [0.5, 0.6) is 0 Å². The van der Waals surface area contributed by atoms with Crippen LogP contribution in [0.3, 0.4) is 0 Å². The normalized spacial score (nSPS) is 12.1. The first-order valence-corrected chi connectivity index (χ1v) is 16.8. The second-order valence-electron chi connectivity index (χ2n) is 11.8. The Morgan fingerprint density at radius 1 is 0.500 bits per heavy atom. The molecule has 0 aromatic carbocycles. The van der Waals surface area contributed by atoms with Crippen LogP contribution >= 0.6 is 0 Å². The maximum Gasteiger partial charge on any atom is 0.309 e. The van der Waals surface area contributed by atoms with Crippen LogP contribution in [0.4, 0.5) is 0 Å². The summed E-state index contributed by atoms with van der Waals surface area (Å²) in [6, 6.07) is 0. The maximum atomic E-state index is 12.5. The molecule has 0 radical (unpaired) electrons. The Labute approximate surface area is 237 Å². The van der Waals surface area contributed by atoms with Gasteiger partial charge in [0, 0.05) is 6.42 Å². The van der Waals surface area contributed by atoms with Crippen molar-refractivity contribution in [3.05, 3.63) is 0 Å². The Hall–Kier alpha value is -1.06. The Morgan fingerprint density at radius 3 is 1.37 bits per heavy atom. The first kappa shape index (κ1) is 36.9. The maximum absolute atomic E-state index is 12.5. The van der Waals surface area contributed by atoms with E-state index in [2.05, 4.69) is 27.7 Å². The van der Waals surface area contributed by atoms with E-state index in [0.29, 0.717) is 25.6 Å². The average molecular weight is 539 g/mol. The lowest BCUT2D eigenvalue weighted by Gasteiger charge is -2.19. The average Bonchev–Trinajstić information content (AvgIpc) is 2.90. The Morgan fingerprint density at radius 2 is 0.895 bits per heavy atom. The van der Waals surface area contributed by atoms with Gasteiger partial charge < -0.3 is 9.47 Å². The number of unbranched alkanes of at least 4 members (excludes halogenated alkanes) is 19. The third-order valence-corrected chi connectivity index (χ3v) is 7.76. The lowest BCUT2D eigenvalue weighted by Crippen LogP contribution is -2.23. The van der Waals surface area contributed by atoms with Gasteiger partial charge in [0.25, 0.3) is 0 Å². The molecular weight excluding hydrogens is 472 g/mol. The molecule has 0 saturated carbocycles. The molecule has 0 N–H and O–H groups in total. The quantitative estimate of drug-likeness (QED) is 0.0702. The third kappa shape index (κ3) is 25.2. The van der Waals surface area contributed by atoms with Gasteiger partial charge in [0.1, 0.15) is 0 Å². The monoisotopic (exact) mass is 538 g/mol. The van der Waals surface area contributed by atoms with E-state index in [4.69, 9.17) is 9.47 Å². The van der Waals surface area contributed by atoms with E-state index in [9.17, 15) is 9.59 Å². The SMILES string of the molecule is CCCCCCCOC(=O)CCCCCCCCCCCCCCC(C(=O)OCCCCCCC)C(C)C. The van der Waals surface area contributed by atoms with Crippen molar-refractivity contribution >= 4 is 11.9 Å². The first-order chi connectivity index (χ1) is 18.5. The van der Waals surface area contributed by atoms with Crippen LogP contribution in [-0.4, -0.2) is 25.2 Å². The summed E-state index contributed by atoms with van der Waals surface area (Å²) in [5, 5.41) is 0. The molecule has 0 saturated heterocycles. The lowest BCUT2D eigenvalue weighted by molar-refractivity contribution is -0.150. The van der Waals surface area contributed by atoms with Crippen LogP contribution in [0, 0.1) is 11.8 Å². The van der Waals surface area contributed by atoms with Crippen LogP contribution in [0.1, 0.15) is 182 Å². The number of ether oxygens (including phenoxy) is 2. The first-order valence-electron chi connectivity index (χ1n) is 16.8. The molecule has 0 aromatic heterocycles. The molecule has 1 unspecified atom stereocenters. The van der Waals surface area contributed by atoms with Gasteiger partial charge >= 0.3 is 11.9 Å². The van der Waals surface area contributed by atoms with Crippen molar-refractivity contribution in [3.8, 4) is 0 Å². The molecule has 4 nitrogen and oxygen atoms in total. The highest BCUT2D eigenvalue weighted by Crippen LogP contribution is 2.22. The van der Waals surface area contributed by atoms with E-state index >= 15 is 0 Å². The molecule has 0 amide bonds. The summed E-state index contributed by atoms with van der Waals surface area (Å²) < 4.78 is 10.9. The molecule has 0 aromatic rings. The summed E-state index contributed by atoms with van der Waals surface area (Å²) in [4.78, 5) is 24.2. The molecule has 0 rings (SSSR count). The number of carbonyl (C=O) groups excluding carboxylic acids is 2. The van der Waals surface area contributed by atoms with Gasteiger partial charge in [-0.1, -0.05) is 150 Å². The Balaban J connectivity index is 3.49. The fraction of sp³-hybridized carbons (Fsp3) is 0.941. The largest absolute Gasteiger partial charge is 0.466 e. The van der Waals surface area contributed by atoms with Crippen LogP contribution < -0.4 is 0 Å². The minimum Gasteiger partial charge on any atom is -0.466 e. The molecular formula is C34H66O4. The second kappa shape index (κ2) is 28.9. The second-order valence-corrected chi connectivity index (χ2v) is 11.8. The van der Waals surface area contributed by atoms with Crippen molar-refractivity contribution in [2.24, 2.45) is 11.8 Å². The summed E-state index contributed by atoms with van der Waals surface area (Å²) in [5.41, 5.74) is 0. The highest BCUT2D eigenvalue weighted by atomic mass is 16.5. The fourth-order valence-electron chi connectivity index (χ4n) is 5.07. The Kier molecular flexibility index (Phi) is 28.1. The molecule has 226 valence electrons. The van der Waals surface area contributed by atoms with E-state index in [1.54, 1.807) is 0 Å². The summed E-state index contributed by atoms with van der Waals surface area (Å²) in [5.74, 6) is 0.454. The molecule has 0 spiro atoms. The van der Waals surface area contributed by atoms with E-state index in [0.717, 1.165) is 38.5 Å². The molecule has 0 heterocycles. The minimum atomic E-state index is -0.00619. The van der Waals surface area contributed by atoms with Gasteiger partial charge in [-0.15, -0.1) is 0 Å². The van der Waals surface area contributed by atoms with Gasteiger partial charge in [0.2, 0.25) is 0 Å². The fourth-order valence-corrected chi connectivity index (χ4v) is 5.07. The van der Waals surface area contributed by atoms with Crippen LogP contribution in [0.25, 0.3) is 0 Å². The standard InChI is InChI=1S/C34H66O4/c1-5-7-9-21-25-29-37-33(35)28-24-20-18-16-14-12-11-13-15-17-19-23-27-32(31(3)4)34(36)38-30-26-22-10-8-6-2/h31-32H,5-30H2,1-4H3. The third-order valence-electron chi connectivity index (χ3n) is 7.76. The summed E-state index contributed by atoms with van der Waals surface area (Å²) in [6.45, 7) is 9.94. The van der Waals surface area contributed by atoms with Gasteiger partial charge in [-0.2, -0.15) is 0 Å². The number of rotatable bonds is 29. The van der Waals surface area contributed by atoms with Gasteiger partial charge in [-0.3, -0.25) is 9.59 Å². The zero-order valence-corrected chi connectivity index (χ0v) is 26.2.